The Labute approximate surface area is 217 Å². The molecule has 6 nitrogen and oxygen atoms in total. The highest BCUT2D eigenvalue weighted by Crippen LogP contribution is 2.38. The number of hydrogen-bond donors (Lipinski definition) is 2. The number of alkyl halides is 3. The normalized spacial score (nSPS) is 17.3. The van der Waals surface area contributed by atoms with Gasteiger partial charge in [0.15, 0.2) is 0 Å². The van der Waals surface area contributed by atoms with Crippen molar-refractivity contribution in [2.45, 2.75) is 45.2 Å². The number of rotatable bonds is 7. The number of amides is 1. The van der Waals surface area contributed by atoms with Gasteiger partial charge in [0, 0.05) is 28.6 Å². The Balaban J connectivity index is 1.42. The Morgan fingerprint density at radius 2 is 1.82 bits per heavy atom. The van der Waals surface area contributed by atoms with E-state index in [1.54, 1.807) is 0 Å². The topological polar surface area (TPSA) is 84.1 Å². The molecule has 0 aliphatic heterocycles. The monoisotopic (exact) mass is 559 g/mol. The average Bonchev–Trinajstić information content (AvgIpc) is 2.80. The van der Waals surface area contributed by atoms with Crippen molar-refractivity contribution in [3.05, 3.63) is 85.5 Å². The molecule has 0 spiro atoms. The van der Waals surface area contributed by atoms with Crippen molar-refractivity contribution in [1.82, 2.24) is 15.3 Å². The highest BCUT2D eigenvalue weighted by molar-refractivity contribution is 6.30. The maximum Gasteiger partial charge on any atom is 0.417 e. The van der Waals surface area contributed by atoms with Crippen LogP contribution in [0.1, 0.15) is 35.2 Å². The smallest absolute Gasteiger partial charge is 0.373 e. The van der Waals surface area contributed by atoms with Crippen LogP contribution in [0.3, 0.4) is 0 Å². The van der Waals surface area contributed by atoms with E-state index < -0.39 is 70.2 Å². The Morgan fingerprint density at radius 3 is 2.45 bits per heavy atom. The van der Waals surface area contributed by atoms with E-state index in [0.29, 0.717) is 24.5 Å². The number of H-pyrrole nitrogens is 1. The largest absolute Gasteiger partial charge is 0.417 e. The number of aryl methyl sites for hydroxylation is 1. The van der Waals surface area contributed by atoms with E-state index >= 15 is 4.39 Å². The highest BCUT2D eigenvalue weighted by Gasteiger charge is 2.38. The molecular weight excluding hydrogens is 540 g/mol. The summed E-state index contributed by atoms with van der Waals surface area (Å²) in [4.78, 5) is 29.6. The lowest BCUT2D eigenvalue weighted by Gasteiger charge is -2.34. The molecule has 1 aliphatic carbocycles. The first-order chi connectivity index (χ1) is 17.8. The molecule has 13 heteroatoms. The third-order valence-electron chi connectivity index (χ3n) is 6.20. The van der Waals surface area contributed by atoms with Crippen LogP contribution in [-0.2, 0) is 28.9 Å². The summed E-state index contributed by atoms with van der Waals surface area (Å²) in [5, 5.41) is 2.73. The average molecular weight is 560 g/mol. The molecule has 0 atom stereocenters. The second kappa shape index (κ2) is 10.8. The first-order valence-electron chi connectivity index (χ1n) is 11.3. The van der Waals surface area contributed by atoms with E-state index in [1.165, 1.54) is 12.1 Å². The molecule has 1 heterocycles. The molecule has 3 aromatic rings. The summed E-state index contributed by atoms with van der Waals surface area (Å²) in [5.74, 6) is -4.92. The Morgan fingerprint density at radius 1 is 1.13 bits per heavy atom. The van der Waals surface area contributed by atoms with E-state index in [-0.39, 0.29) is 23.3 Å². The molecule has 1 fully saturated rings. The van der Waals surface area contributed by atoms with Gasteiger partial charge in [-0.15, -0.1) is 0 Å². The van der Waals surface area contributed by atoms with Crippen molar-refractivity contribution in [3.63, 3.8) is 0 Å². The van der Waals surface area contributed by atoms with Crippen LogP contribution in [0.2, 0.25) is 5.02 Å². The van der Waals surface area contributed by atoms with Gasteiger partial charge in [0.25, 0.3) is 5.56 Å². The Bertz CT molecular complexity index is 1440. The fraction of sp³-hybridized carbons (Fsp3) is 0.320. The van der Waals surface area contributed by atoms with Gasteiger partial charge in [0.05, 0.1) is 29.5 Å². The number of aromatic amines is 1. The van der Waals surface area contributed by atoms with Crippen molar-refractivity contribution in [3.8, 4) is 11.4 Å². The first kappa shape index (κ1) is 27.6. The van der Waals surface area contributed by atoms with Crippen molar-refractivity contribution in [2.24, 2.45) is 5.92 Å². The van der Waals surface area contributed by atoms with Gasteiger partial charge in [0.2, 0.25) is 11.7 Å². The zero-order valence-corrected chi connectivity index (χ0v) is 20.4. The molecule has 2 aromatic carbocycles. The summed E-state index contributed by atoms with van der Waals surface area (Å²) in [6, 6.07) is 5.64. The summed E-state index contributed by atoms with van der Waals surface area (Å²) in [6.45, 7) is 0.601. The Kier molecular flexibility index (Phi) is 7.84. The van der Waals surface area contributed by atoms with Crippen molar-refractivity contribution < 1.29 is 35.9 Å². The van der Waals surface area contributed by atoms with E-state index in [2.05, 4.69) is 10.3 Å². The fourth-order valence-corrected chi connectivity index (χ4v) is 4.16. The fourth-order valence-electron chi connectivity index (χ4n) is 4.00. The van der Waals surface area contributed by atoms with Crippen molar-refractivity contribution in [1.29, 1.82) is 0 Å². The summed E-state index contributed by atoms with van der Waals surface area (Å²) >= 11 is 5.71. The van der Waals surface area contributed by atoms with Gasteiger partial charge in [-0.2, -0.15) is 17.6 Å². The summed E-state index contributed by atoms with van der Waals surface area (Å²) in [6.07, 6.45) is -4.67. The molecule has 1 saturated carbocycles. The van der Waals surface area contributed by atoms with E-state index in [4.69, 9.17) is 16.3 Å². The highest BCUT2D eigenvalue weighted by atomic mass is 35.5. The van der Waals surface area contributed by atoms with Gasteiger partial charge in [-0.25, -0.2) is 13.8 Å². The minimum atomic E-state index is -5.01. The molecule has 1 aliphatic rings. The Hall–Kier alpha value is -3.38. The third kappa shape index (κ3) is 5.86. The van der Waals surface area contributed by atoms with Gasteiger partial charge in [0.1, 0.15) is 17.5 Å². The quantitative estimate of drug-likeness (QED) is 0.377. The van der Waals surface area contributed by atoms with Crippen LogP contribution in [0.4, 0.5) is 26.3 Å². The van der Waals surface area contributed by atoms with Crippen LogP contribution >= 0.6 is 11.6 Å². The van der Waals surface area contributed by atoms with Crippen molar-refractivity contribution in [2.75, 3.05) is 0 Å². The first-order valence-corrected chi connectivity index (χ1v) is 11.7. The van der Waals surface area contributed by atoms with Crippen LogP contribution in [0, 0.1) is 30.3 Å². The van der Waals surface area contributed by atoms with Crippen LogP contribution in [0.25, 0.3) is 11.4 Å². The number of nitrogens with zero attached hydrogens (tertiary/aromatic N) is 1. The van der Waals surface area contributed by atoms with E-state index in [9.17, 15) is 31.5 Å². The standard InChI is InChI=1S/C25H20ClF6N3O3/c1-11-20(28)24(37)35-22(34-11)19-17(25(30,31)32)5-3-12(21(19)29)9-33-23(36)14-6-16(7-14)38-10-13-2-4-15(26)8-18(13)27/h2-5,8,14,16H,6-7,9-10H2,1H3,(H,33,36)(H,34,35,37)/t14-,16-. The maximum atomic E-state index is 15.3. The van der Waals surface area contributed by atoms with Crippen LogP contribution in [-0.4, -0.2) is 22.0 Å². The number of aromatic nitrogens is 2. The third-order valence-corrected chi connectivity index (χ3v) is 6.44. The number of nitrogens with one attached hydrogen (secondary N) is 2. The van der Waals surface area contributed by atoms with Crippen LogP contribution < -0.4 is 10.9 Å². The second-order valence-corrected chi connectivity index (χ2v) is 9.26. The molecule has 0 saturated heterocycles. The van der Waals surface area contributed by atoms with Crippen molar-refractivity contribution >= 4 is 17.5 Å². The minimum Gasteiger partial charge on any atom is -0.373 e. The number of halogens is 7. The predicted molar refractivity (Wildman–Crippen MR) is 125 cm³/mol. The molecule has 4 rings (SSSR count). The lowest BCUT2D eigenvalue weighted by atomic mass is 9.81. The lowest BCUT2D eigenvalue weighted by Crippen LogP contribution is -2.42. The molecule has 0 unspecified atom stereocenters. The van der Waals surface area contributed by atoms with Gasteiger partial charge in [-0.05, 0) is 38.0 Å². The van der Waals surface area contributed by atoms with Gasteiger partial charge in [-0.3, -0.25) is 9.59 Å². The number of ether oxygens (including phenoxy) is 1. The number of hydrogen-bond acceptors (Lipinski definition) is 4. The minimum absolute atomic E-state index is 0.0134. The summed E-state index contributed by atoms with van der Waals surface area (Å²) in [7, 11) is 0. The van der Waals surface area contributed by atoms with Gasteiger partial charge in [-0.1, -0.05) is 23.7 Å². The molecule has 0 radical (unpaired) electrons. The lowest BCUT2D eigenvalue weighted by molar-refractivity contribution is -0.137. The van der Waals surface area contributed by atoms with Crippen LogP contribution in [0.15, 0.2) is 35.1 Å². The second-order valence-electron chi connectivity index (χ2n) is 8.83. The molecule has 1 aromatic heterocycles. The number of carbonyl (C=O) groups excluding carboxylic acids is 1. The zero-order chi connectivity index (χ0) is 27.8. The SMILES string of the molecule is Cc1nc(-c2c(C(F)(F)F)ccc(CNC(=O)[C@H]3C[C@H](OCc4ccc(Cl)cc4F)C3)c2F)[nH]c(=O)c1F. The van der Waals surface area contributed by atoms with Crippen LogP contribution in [0.5, 0.6) is 0 Å². The van der Waals surface area contributed by atoms with E-state index in [0.717, 1.165) is 19.1 Å². The molecule has 38 heavy (non-hydrogen) atoms. The predicted octanol–water partition coefficient (Wildman–Crippen LogP) is 5.45. The molecule has 202 valence electrons. The molecule has 1 amide bonds. The van der Waals surface area contributed by atoms with E-state index in [1.807, 2.05) is 4.98 Å². The molecular formula is C25H20ClF6N3O3. The van der Waals surface area contributed by atoms with Gasteiger partial charge >= 0.3 is 6.18 Å². The zero-order valence-electron chi connectivity index (χ0n) is 19.7. The summed E-state index contributed by atoms with van der Waals surface area (Å²) < 4.78 is 89.1. The summed E-state index contributed by atoms with van der Waals surface area (Å²) in [5.41, 5.74) is -4.32. The van der Waals surface area contributed by atoms with Gasteiger partial charge < -0.3 is 15.0 Å². The molecule has 0 bridgehead atoms. The number of carbonyl (C=O) groups is 1. The number of benzene rings is 2. The molecule has 2 N–H and O–H groups in total. The maximum absolute atomic E-state index is 15.3.